The van der Waals surface area contributed by atoms with Gasteiger partial charge in [-0.3, -0.25) is 9.67 Å². The number of nitrogens with zero attached hydrogens (tertiary/aromatic N) is 3. The maximum absolute atomic E-state index is 13.1. The van der Waals surface area contributed by atoms with Gasteiger partial charge < -0.3 is 4.74 Å². The molecule has 2 heterocycles. The molecule has 0 fully saturated rings. The molecule has 2 aromatic heterocycles. The van der Waals surface area contributed by atoms with E-state index < -0.39 is 23.4 Å². The van der Waals surface area contributed by atoms with E-state index in [2.05, 4.69) is 14.8 Å². The number of hydrogen-bond acceptors (Lipinski definition) is 4. The van der Waals surface area contributed by atoms with Crippen molar-refractivity contribution in [2.75, 3.05) is 6.61 Å². The predicted octanol–water partition coefficient (Wildman–Crippen LogP) is 4.33. The van der Waals surface area contributed by atoms with Crippen molar-refractivity contribution in [3.63, 3.8) is 0 Å². The molecular formula is C17H13ClF3N3O2. The molecular weight excluding hydrogens is 371 g/mol. The molecule has 0 saturated carbocycles. The fourth-order valence-corrected chi connectivity index (χ4v) is 2.68. The number of carbonyl (C=O) groups is 1. The molecule has 0 aliphatic rings. The van der Waals surface area contributed by atoms with Gasteiger partial charge in [-0.1, -0.05) is 17.7 Å². The SMILES string of the molecule is CCOC(=O)c1cn(Cc2ccc3ncc(Cl)cc3c2)nc1C(F)(F)F. The van der Waals surface area contributed by atoms with Crippen molar-refractivity contribution in [2.45, 2.75) is 19.6 Å². The van der Waals surface area contributed by atoms with Gasteiger partial charge in [-0.2, -0.15) is 18.3 Å². The van der Waals surface area contributed by atoms with Crippen LogP contribution >= 0.6 is 11.6 Å². The minimum Gasteiger partial charge on any atom is -0.462 e. The minimum absolute atomic E-state index is 0.0280. The number of aromatic nitrogens is 3. The molecule has 0 atom stereocenters. The second-order valence-electron chi connectivity index (χ2n) is 5.49. The van der Waals surface area contributed by atoms with E-state index in [-0.39, 0.29) is 13.2 Å². The number of rotatable bonds is 4. The highest BCUT2D eigenvalue weighted by Gasteiger charge is 2.39. The van der Waals surface area contributed by atoms with Gasteiger partial charge in [0.1, 0.15) is 5.56 Å². The molecule has 0 aliphatic carbocycles. The summed E-state index contributed by atoms with van der Waals surface area (Å²) in [6, 6.07) is 6.93. The van der Waals surface area contributed by atoms with Crippen molar-refractivity contribution in [3.8, 4) is 0 Å². The highest BCUT2D eigenvalue weighted by Crippen LogP contribution is 2.31. The van der Waals surface area contributed by atoms with Gasteiger partial charge in [0.15, 0.2) is 5.69 Å². The summed E-state index contributed by atoms with van der Waals surface area (Å²) in [5.74, 6) is -1.06. The molecule has 136 valence electrons. The first-order valence-corrected chi connectivity index (χ1v) is 8.01. The first-order valence-electron chi connectivity index (χ1n) is 7.64. The van der Waals surface area contributed by atoms with E-state index in [4.69, 9.17) is 11.6 Å². The second-order valence-corrected chi connectivity index (χ2v) is 5.92. The Morgan fingerprint density at radius 2 is 2.08 bits per heavy atom. The third-order valence-electron chi connectivity index (χ3n) is 3.58. The van der Waals surface area contributed by atoms with E-state index in [1.807, 2.05) is 0 Å². The number of fused-ring (bicyclic) bond motifs is 1. The smallest absolute Gasteiger partial charge is 0.436 e. The van der Waals surface area contributed by atoms with E-state index in [0.717, 1.165) is 16.3 Å². The third kappa shape index (κ3) is 3.80. The van der Waals surface area contributed by atoms with Crippen LogP contribution in [0.25, 0.3) is 10.9 Å². The Labute approximate surface area is 151 Å². The van der Waals surface area contributed by atoms with E-state index in [1.54, 1.807) is 24.3 Å². The van der Waals surface area contributed by atoms with Gasteiger partial charge in [-0.25, -0.2) is 4.79 Å². The average Bonchev–Trinajstić information content (AvgIpc) is 2.99. The predicted molar refractivity (Wildman–Crippen MR) is 89.0 cm³/mol. The molecule has 0 unspecified atom stereocenters. The first kappa shape index (κ1) is 18.2. The summed E-state index contributed by atoms with van der Waals surface area (Å²) in [5.41, 5.74) is -0.471. The standard InChI is InChI=1S/C17H13ClF3N3O2/c1-2-26-16(25)13-9-24(23-15(13)17(19,20)21)8-10-3-4-14-11(5-10)6-12(18)7-22-14/h3-7,9H,2,8H2,1H3. The van der Waals surface area contributed by atoms with E-state index >= 15 is 0 Å². The normalized spacial score (nSPS) is 11.7. The second kappa shape index (κ2) is 6.95. The molecule has 26 heavy (non-hydrogen) atoms. The maximum Gasteiger partial charge on any atom is 0.436 e. The molecule has 0 aliphatic heterocycles. The molecule has 3 aromatic rings. The van der Waals surface area contributed by atoms with Crippen molar-refractivity contribution >= 4 is 28.5 Å². The average molecular weight is 384 g/mol. The lowest BCUT2D eigenvalue weighted by molar-refractivity contribution is -0.142. The van der Waals surface area contributed by atoms with Gasteiger partial charge in [-0.05, 0) is 30.7 Å². The summed E-state index contributed by atoms with van der Waals surface area (Å²) in [4.78, 5) is 16.0. The molecule has 0 bridgehead atoms. The van der Waals surface area contributed by atoms with E-state index in [0.29, 0.717) is 16.1 Å². The lowest BCUT2D eigenvalue weighted by atomic mass is 10.1. The zero-order valence-corrected chi connectivity index (χ0v) is 14.3. The fourth-order valence-electron chi connectivity index (χ4n) is 2.51. The highest BCUT2D eigenvalue weighted by atomic mass is 35.5. The molecule has 0 spiro atoms. The fraction of sp³-hybridized carbons (Fsp3) is 0.235. The van der Waals surface area contributed by atoms with Gasteiger partial charge in [0.2, 0.25) is 0 Å². The number of halogens is 4. The Balaban J connectivity index is 1.96. The van der Waals surface area contributed by atoms with Crippen LogP contribution < -0.4 is 0 Å². The molecule has 3 rings (SSSR count). The van der Waals surface area contributed by atoms with Gasteiger partial charge in [0, 0.05) is 17.8 Å². The zero-order chi connectivity index (χ0) is 18.9. The molecule has 1 aromatic carbocycles. The van der Waals surface area contributed by atoms with Crippen LogP contribution in [-0.2, 0) is 17.5 Å². The van der Waals surface area contributed by atoms with Gasteiger partial charge >= 0.3 is 12.1 Å². The summed E-state index contributed by atoms with van der Waals surface area (Å²) >= 11 is 5.91. The number of pyridine rings is 1. The lowest BCUT2D eigenvalue weighted by Crippen LogP contribution is -2.14. The van der Waals surface area contributed by atoms with Crippen molar-refractivity contribution < 1.29 is 22.7 Å². The Morgan fingerprint density at radius 1 is 1.31 bits per heavy atom. The number of hydrogen-bond donors (Lipinski definition) is 0. The number of esters is 1. The minimum atomic E-state index is -4.76. The van der Waals surface area contributed by atoms with E-state index in [1.165, 1.54) is 13.1 Å². The molecule has 0 saturated heterocycles. The van der Waals surface area contributed by atoms with Crippen LogP contribution in [0.15, 0.2) is 36.7 Å². The van der Waals surface area contributed by atoms with Crippen LogP contribution in [-0.4, -0.2) is 27.3 Å². The van der Waals surface area contributed by atoms with Gasteiger partial charge in [-0.15, -0.1) is 0 Å². The van der Waals surface area contributed by atoms with Crippen LogP contribution in [0.1, 0.15) is 28.5 Å². The number of ether oxygens (including phenoxy) is 1. The molecule has 0 amide bonds. The quantitative estimate of drug-likeness (QED) is 0.629. The van der Waals surface area contributed by atoms with E-state index in [9.17, 15) is 18.0 Å². The monoisotopic (exact) mass is 383 g/mol. The summed E-state index contributed by atoms with van der Waals surface area (Å²) in [7, 11) is 0. The van der Waals surface area contributed by atoms with Crippen molar-refractivity contribution in [3.05, 3.63) is 58.5 Å². The Bertz CT molecular complexity index is 970. The van der Waals surface area contributed by atoms with Crippen LogP contribution in [0, 0.1) is 0 Å². The highest BCUT2D eigenvalue weighted by molar-refractivity contribution is 6.31. The van der Waals surface area contributed by atoms with Crippen LogP contribution in [0.5, 0.6) is 0 Å². The number of benzene rings is 1. The number of carbonyl (C=O) groups excluding carboxylic acids is 1. The molecule has 9 heteroatoms. The third-order valence-corrected chi connectivity index (χ3v) is 3.79. The van der Waals surface area contributed by atoms with Crippen LogP contribution in [0.2, 0.25) is 5.02 Å². The summed E-state index contributed by atoms with van der Waals surface area (Å²) < 4.78 is 45.2. The molecule has 5 nitrogen and oxygen atoms in total. The molecule has 0 radical (unpaired) electrons. The van der Waals surface area contributed by atoms with Crippen molar-refractivity contribution in [1.82, 2.24) is 14.8 Å². The summed E-state index contributed by atoms with van der Waals surface area (Å²) in [6.45, 7) is 1.54. The Hall–Kier alpha value is -2.61. The largest absolute Gasteiger partial charge is 0.462 e. The Kier molecular flexibility index (Phi) is 4.86. The lowest BCUT2D eigenvalue weighted by Gasteiger charge is -2.05. The van der Waals surface area contributed by atoms with Crippen molar-refractivity contribution in [1.29, 1.82) is 0 Å². The van der Waals surface area contributed by atoms with Crippen LogP contribution in [0.3, 0.4) is 0 Å². The summed E-state index contributed by atoms with van der Waals surface area (Å²) in [6.07, 6.45) is -2.20. The van der Waals surface area contributed by atoms with Gasteiger partial charge in [0.25, 0.3) is 0 Å². The molecule has 0 N–H and O–H groups in total. The first-order chi connectivity index (χ1) is 12.3. The topological polar surface area (TPSA) is 57.0 Å². The summed E-state index contributed by atoms with van der Waals surface area (Å²) in [5, 5.41) is 4.74. The van der Waals surface area contributed by atoms with Crippen LogP contribution in [0.4, 0.5) is 13.2 Å². The van der Waals surface area contributed by atoms with Crippen molar-refractivity contribution in [2.24, 2.45) is 0 Å². The number of alkyl halides is 3. The van der Waals surface area contributed by atoms with Gasteiger partial charge in [0.05, 0.1) is 23.7 Å². The Morgan fingerprint density at radius 3 is 2.77 bits per heavy atom. The zero-order valence-electron chi connectivity index (χ0n) is 13.5. The maximum atomic E-state index is 13.1.